The number of ether oxygens (including phenoxy) is 2. The van der Waals surface area contributed by atoms with Crippen LogP contribution in [0.2, 0.25) is 0 Å². The number of rotatable bonds is 8. The summed E-state index contributed by atoms with van der Waals surface area (Å²) in [6.07, 6.45) is 11.5. The van der Waals surface area contributed by atoms with E-state index in [1.807, 2.05) is 25.1 Å². The Kier molecular flexibility index (Phi) is 7.95. The van der Waals surface area contributed by atoms with Crippen molar-refractivity contribution in [3.05, 3.63) is 35.9 Å². The van der Waals surface area contributed by atoms with Crippen molar-refractivity contribution >= 4 is 11.8 Å². The van der Waals surface area contributed by atoms with Gasteiger partial charge in [-0.25, -0.2) is 4.79 Å². The van der Waals surface area contributed by atoms with Crippen molar-refractivity contribution in [2.45, 2.75) is 70.1 Å². The maximum Gasteiger partial charge on any atom is 0.412 e. The molecule has 0 spiro atoms. The van der Waals surface area contributed by atoms with Gasteiger partial charge in [0.2, 0.25) is 0 Å². The summed E-state index contributed by atoms with van der Waals surface area (Å²) in [6, 6.07) is 6.73. The highest BCUT2D eigenvalue weighted by atomic mass is 16.6. The van der Waals surface area contributed by atoms with Crippen molar-refractivity contribution in [3.63, 3.8) is 0 Å². The van der Waals surface area contributed by atoms with Crippen LogP contribution in [0.15, 0.2) is 30.4 Å². The summed E-state index contributed by atoms with van der Waals surface area (Å²) >= 11 is 0. The van der Waals surface area contributed by atoms with Crippen LogP contribution in [0.3, 0.4) is 0 Å². The second-order valence-corrected chi connectivity index (χ2v) is 8.14. The molecule has 3 N–H and O–H groups in total. The molecule has 2 heterocycles. The fraction of sp³-hybridized carbons (Fsp3) is 0.609. The molecule has 29 heavy (non-hydrogen) atoms. The summed E-state index contributed by atoms with van der Waals surface area (Å²) in [7, 11) is 1.60. The molecule has 0 aliphatic carbocycles. The van der Waals surface area contributed by atoms with Crippen molar-refractivity contribution in [2.75, 3.05) is 25.5 Å². The Morgan fingerprint density at radius 1 is 1.24 bits per heavy atom. The van der Waals surface area contributed by atoms with Crippen molar-refractivity contribution < 1.29 is 14.3 Å². The van der Waals surface area contributed by atoms with Gasteiger partial charge in [0, 0.05) is 31.5 Å². The molecule has 2 aliphatic rings. The lowest BCUT2D eigenvalue weighted by Crippen LogP contribution is -2.54. The SMILES string of the molecule is COc1ccc(C)cc1NC(=O)OC1CC2CCCC(C1)N2CC/C=C/CCN. The highest BCUT2D eigenvalue weighted by Gasteiger charge is 2.39. The molecular formula is C23H35N3O3. The maximum absolute atomic E-state index is 12.5. The topological polar surface area (TPSA) is 76.8 Å². The third-order valence-corrected chi connectivity index (χ3v) is 6.00. The highest BCUT2D eigenvalue weighted by Crippen LogP contribution is 2.35. The first-order valence-electron chi connectivity index (χ1n) is 10.8. The van der Waals surface area contributed by atoms with E-state index in [0.29, 0.717) is 30.1 Å². The molecule has 2 atom stereocenters. The average molecular weight is 402 g/mol. The number of piperidine rings is 2. The Hall–Kier alpha value is -2.05. The second-order valence-electron chi connectivity index (χ2n) is 8.14. The number of amides is 1. The number of aryl methyl sites for hydroxylation is 1. The zero-order valence-corrected chi connectivity index (χ0v) is 17.7. The lowest BCUT2D eigenvalue weighted by atomic mass is 9.82. The van der Waals surface area contributed by atoms with Gasteiger partial charge in [0.05, 0.1) is 12.8 Å². The first-order valence-corrected chi connectivity index (χ1v) is 10.8. The molecule has 1 aromatic carbocycles. The molecule has 6 heteroatoms. The molecule has 2 unspecified atom stereocenters. The van der Waals surface area contributed by atoms with Crippen LogP contribution in [0.4, 0.5) is 10.5 Å². The fourth-order valence-electron chi connectivity index (χ4n) is 4.66. The molecule has 0 radical (unpaired) electrons. The molecule has 1 amide bonds. The van der Waals surface area contributed by atoms with Gasteiger partial charge < -0.3 is 15.2 Å². The van der Waals surface area contributed by atoms with Gasteiger partial charge in [-0.1, -0.05) is 24.6 Å². The average Bonchev–Trinajstić information content (AvgIpc) is 2.68. The van der Waals surface area contributed by atoms with E-state index in [1.54, 1.807) is 7.11 Å². The smallest absolute Gasteiger partial charge is 0.412 e. The van der Waals surface area contributed by atoms with Crippen molar-refractivity contribution in [3.8, 4) is 5.75 Å². The van der Waals surface area contributed by atoms with Crippen LogP contribution in [-0.2, 0) is 4.74 Å². The lowest BCUT2D eigenvalue weighted by Gasteiger charge is -2.48. The van der Waals surface area contributed by atoms with Crippen molar-refractivity contribution in [1.29, 1.82) is 0 Å². The number of fused-ring (bicyclic) bond motifs is 2. The van der Waals surface area contributed by atoms with Gasteiger partial charge >= 0.3 is 6.09 Å². The quantitative estimate of drug-likeness (QED) is 0.638. The molecule has 2 bridgehead atoms. The zero-order chi connectivity index (χ0) is 20.6. The summed E-state index contributed by atoms with van der Waals surface area (Å²) in [6.45, 7) is 3.77. The van der Waals surface area contributed by atoms with E-state index in [0.717, 1.165) is 37.8 Å². The summed E-state index contributed by atoms with van der Waals surface area (Å²) in [5.41, 5.74) is 7.25. The minimum Gasteiger partial charge on any atom is -0.495 e. The van der Waals surface area contributed by atoms with E-state index in [2.05, 4.69) is 22.4 Å². The monoisotopic (exact) mass is 401 g/mol. The molecule has 3 rings (SSSR count). The molecule has 160 valence electrons. The van der Waals surface area contributed by atoms with E-state index < -0.39 is 6.09 Å². The third-order valence-electron chi connectivity index (χ3n) is 6.00. The Bertz CT molecular complexity index is 693. The van der Waals surface area contributed by atoms with Gasteiger partial charge in [0.25, 0.3) is 0 Å². The van der Waals surface area contributed by atoms with E-state index in [1.165, 1.54) is 19.3 Å². The lowest BCUT2D eigenvalue weighted by molar-refractivity contribution is -0.0292. The van der Waals surface area contributed by atoms with Crippen LogP contribution in [0, 0.1) is 6.92 Å². The van der Waals surface area contributed by atoms with E-state index in [4.69, 9.17) is 15.2 Å². The predicted octanol–water partition coefficient (Wildman–Crippen LogP) is 4.23. The summed E-state index contributed by atoms with van der Waals surface area (Å²) in [4.78, 5) is 15.1. The number of methoxy groups -OCH3 is 1. The maximum atomic E-state index is 12.5. The van der Waals surface area contributed by atoms with Crippen LogP contribution in [-0.4, -0.2) is 49.4 Å². The summed E-state index contributed by atoms with van der Waals surface area (Å²) < 4.78 is 11.2. The number of carbonyl (C=O) groups is 1. The van der Waals surface area contributed by atoms with Crippen LogP contribution in [0.25, 0.3) is 0 Å². The van der Waals surface area contributed by atoms with Crippen LogP contribution >= 0.6 is 0 Å². The zero-order valence-electron chi connectivity index (χ0n) is 17.7. The number of benzene rings is 1. The first kappa shape index (κ1) is 21.7. The van der Waals surface area contributed by atoms with Gasteiger partial charge in [-0.05, 0) is 56.8 Å². The van der Waals surface area contributed by atoms with Gasteiger partial charge in [-0.3, -0.25) is 10.2 Å². The minimum absolute atomic E-state index is 0.0230. The van der Waals surface area contributed by atoms with Gasteiger partial charge in [-0.2, -0.15) is 0 Å². The largest absolute Gasteiger partial charge is 0.495 e. The third kappa shape index (κ3) is 5.97. The van der Waals surface area contributed by atoms with Crippen LogP contribution < -0.4 is 15.8 Å². The number of anilines is 1. The molecule has 2 fully saturated rings. The minimum atomic E-state index is -0.393. The summed E-state index contributed by atoms with van der Waals surface area (Å²) in [5.74, 6) is 0.641. The van der Waals surface area contributed by atoms with E-state index in [-0.39, 0.29) is 6.10 Å². The molecule has 2 aliphatic heterocycles. The van der Waals surface area contributed by atoms with Gasteiger partial charge in [-0.15, -0.1) is 0 Å². The Morgan fingerprint density at radius 3 is 2.66 bits per heavy atom. The molecular weight excluding hydrogens is 366 g/mol. The molecule has 2 saturated heterocycles. The highest BCUT2D eigenvalue weighted by molar-refractivity contribution is 5.87. The van der Waals surface area contributed by atoms with Crippen molar-refractivity contribution in [1.82, 2.24) is 4.90 Å². The Labute approximate surface area is 174 Å². The van der Waals surface area contributed by atoms with Crippen LogP contribution in [0.1, 0.15) is 50.5 Å². The van der Waals surface area contributed by atoms with E-state index >= 15 is 0 Å². The Balaban J connectivity index is 1.53. The number of hydrogen-bond acceptors (Lipinski definition) is 5. The molecule has 0 saturated carbocycles. The number of nitrogens with two attached hydrogens (primary N) is 1. The molecule has 6 nitrogen and oxygen atoms in total. The molecule has 1 aromatic rings. The summed E-state index contributed by atoms with van der Waals surface area (Å²) in [5, 5.41) is 2.86. The van der Waals surface area contributed by atoms with E-state index in [9.17, 15) is 4.79 Å². The fourth-order valence-corrected chi connectivity index (χ4v) is 4.66. The van der Waals surface area contributed by atoms with Gasteiger partial charge in [0.15, 0.2) is 0 Å². The first-order chi connectivity index (χ1) is 14.1. The number of nitrogens with one attached hydrogen (secondary N) is 1. The van der Waals surface area contributed by atoms with Crippen LogP contribution in [0.5, 0.6) is 5.75 Å². The number of carbonyl (C=O) groups excluding carboxylic acids is 1. The standard InChI is InChI=1S/C23H35N3O3/c1-17-10-11-22(28-2)21(14-17)25-23(27)29-20-15-18-8-7-9-19(16-20)26(18)13-6-4-3-5-12-24/h3-4,10-11,14,18-20H,5-9,12-13,15-16,24H2,1-2H3,(H,25,27)/b4-3+. The normalized spacial score (nSPS) is 24.4. The molecule has 0 aromatic heterocycles. The van der Waals surface area contributed by atoms with Crippen molar-refractivity contribution in [2.24, 2.45) is 5.73 Å². The van der Waals surface area contributed by atoms with Gasteiger partial charge in [0.1, 0.15) is 11.9 Å². The number of hydrogen-bond donors (Lipinski definition) is 2. The number of nitrogens with zero attached hydrogens (tertiary/aromatic N) is 1. The predicted molar refractivity (Wildman–Crippen MR) is 116 cm³/mol. The Morgan fingerprint density at radius 2 is 1.97 bits per heavy atom. The second kappa shape index (κ2) is 10.6.